The molecule has 0 aliphatic rings. The minimum absolute atomic E-state index is 0. The van der Waals surface area contributed by atoms with Crippen LogP contribution in [0.15, 0.2) is 23.0 Å². The molecule has 86 valence electrons. The number of methoxy groups -OCH3 is 1. The molecule has 0 atom stereocenters. The molecule has 0 unspecified atom stereocenters. The number of hydrogen-bond donors (Lipinski definition) is 1. The number of benzene rings is 1. The molecule has 2 aromatic rings. The predicted octanol–water partition coefficient (Wildman–Crippen LogP) is -2.47. The van der Waals surface area contributed by atoms with Crippen molar-refractivity contribution in [1.29, 1.82) is 0 Å². The van der Waals surface area contributed by atoms with E-state index < -0.39 is 0 Å². The topological polar surface area (TPSA) is 72.8 Å². The molecule has 17 heavy (non-hydrogen) atoms. The van der Waals surface area contributed by atoms with Crippen LogP contribution >= 0.6 is 0 Å². The molecule has 0 spiro atoms. The van der Waals surface area contributed by atoms with Crippen LogP contribution in [0, 0.1) is 6.92 Å². The number of tetrazole rings is 1. The minimum Gasteiger partial charge on any atom is -1.00 e. The van der Waals surface area contributed by atoms with Crippen molar-refractivity contribution in [3.63, 3.8) is 0 Å². The molecule has 0 radical (unpaired) electrons. The van der Waals surface area contributed by atoms with Crippen LogP contribution in [-0.2, 0) is 11.3 Å². The van der Waals surface area contributed by atoms with Gasteiger partial charge in [-0.15, -0.1) is 0 Å². The van der Waals surface area contributed by atoms with Crippen molar-refractivity contribution in [3.8, 4) is 5.69 Å². The van der Waals surface area contributed by atoms with Gasteiger partial charge >= 0.3 is 35.2 Å². The Hall–Kier alpha value is -0.950. The predicted molar refractivity (Wildman–Crippen MR) is 58.5 cm³/mol. The van der Waals surface area contributed by atoms with Gasteiger partial charge in [-0.3, -0.25) is 0 Å². The molecular formula is C10H13N4NaO2. The SMILES string of the molecule is COCc1c(C)cccc1-n1nn[nH]c1=O.[H-].[Na+]. The smallest absolute Gasteiger partial charge is 1.00 e. The second-order valence-corrected chi connectivity index (χ2v) is 3.42. The Labute approximate surface area is 122 Å². The Morgan fingerprint density at radius 2 is 2.29 bits per heavy atom. The van der Waals surface area contributed by atoms with Gasteiger partial charge in [0.25, 0.3) is 0 Å². The molecule has 0 fully saturated rings. The first-order valence-electron chi connectivity index (χ1n) is 4.82. The second kappa shape index (κ2) is 6.11. The number of aryl methyl sites for hydroxylation is 1. The molecule has 0 bridgehead atoms. The summed E-state index contributed by atoms with van der Waals surface area (Å²) in [4.78, 5) is 11.4. The van der Waals surface area contributed by atoms with Crippen LogP contribution < -0.4 is 35.2 Å². The van der Waals surface area contributed by atoms with Gasteiger partial charge in [0.15, 0.2) is 0 Å². The van der Waals surface area contributed by atoms with Gasteiger partial charge in [-0.1, -0.05) is 12.1 Å². The molecule has 0 saturated heterocycles. The molecule has 1 heterocycles. The first-order valence-corrected chi connectivity index (χ1v) is 4.82. The van der Waals surface area contributed by atoms with Gasteiger partial charge < -0.3 is 6.16 Å². The minimum atomic E-state index is -0.358. The van der Waals surface area contributed by atoms with Crippen LogP contribution in [0.5, 0.6) is 0 Å². The van der Waals surface area contributed by atoms with Crippen LogP contribution in [0.25, 0.3) is 5.69 Å². The fourth-order valence-electron chi connectivity index (χ4n) is 1.57. The Balaban J connectivity index is 0.00000144. The van der Waals surface area contributed by atoms with E-state index in [4.69, 9.17) is 4.74 Å². The Kier molecular flexibility index (Phi) is 5.07. The zero-order valence-corrected chi connectivity index (χ0v) is 12.1. The van der Waals surface area contributed by atoms with Crippen molar-refractivity contribution >= 4 is 0 Å². The summed E-state index contributed by atoms with van der Waals surface area (Å²) in [5.74, 6) is 0. The summed E-state index contributed by atoms with van der Waals surface area (Å²) in [6, 6.07) is 5.64. The van der Waals surface area contributed by atoms with E-state index in [9.17, 15) is 4.79 Å². The van der Waals surface area contributed by atoms with Crippen LogP contribution in [0.1, 0.15) is 12.6 Å². The standard InChI is InChI=1S/C10H12N4O2.Na.H/c1-7-4-3-5-9(8(7)6-16-2)14-10(15)11-12-13-14;;/h3-5H,6H2,1-2H3,(H,11,13,15);;/q;+1;-1. The number of aromatic nitrogens is 4. The molecular weight excluding hydrogens is 231 g/mol. The number of hydrogen-bond acceptors (Lipinski definition) is 4. The first-order chi connectivity index (χ1) is 7.74. The molecule has 1 N–H and O–H groups in total. The van der Waals surface area contributed by atoms with E-state index in [-0.39, 0.29) is 36.7 Å². The third-order valence-electron chi connectivity index (χ3n) is 2.37. The van der Waals surface area contributed by atoms with Gasteiger partial charge in [-0.2, -0.15) is 4.68 Å². The van der Waals surface area contributed by atoms with E-state index in [1.807, 2.05) is 25.1 Å². The summed E-state index contributed by atoms with van der Waals surface area (Å²) in [5, 5.41) is 9.44. The molecule has 2 rings (SSSR count). The van der Waals surface area contributed by atoms with Crippen LogP contribution in [0.4, 0.5) is 0 Å². The Morgan fingerprint density at radius 3 is 2.88 bits per heavy atom. The summed E-state index contributed by atoms with van der Waals surface area (Å²) < 4.78 is 6.34. The average Bonchev–Trinajstić information content (AvgIpc) is 2.68. The number of ether oxygens (including phenoxy) is 1. The monoisotopic (exact) mass is 244 g/mol. The van der Waals surface area contributed by atoms with Gasteiger partial charge in [0.05, 0.1) is 12.3 Å². The fraction of sp³-hybridized carbons (Fsp3) is 0.300. The summed E-state index contributed by atoms with van der Waals surface area (Å²) >= 11 is 0. The molecule has 1 aromatic carbocycles. The van der Waals surface area contributed by atoms with E-state index >= 15 is 0 Å². The van der Waals surface area contributed by atoms with Crippen molar-refractivity contribution in [2.45, 2.75) is 13.5 Å². The fourth-order valence-corrected chi connectivity index (χ4v) is 1.57. The third-order valence-corrected chi connectivity index (χ3v) is 2.37. The van der Waals surface area contributed by atoms with Gasteiger partial charge in [-0.05, 0) is 29.0 Å². The van der Waals surface area contributed by atoms with E-state index in [1.165, 1.54) is 4.68 Å². The molecule has 0 aliphatic carbocycles. The first kappa shape index (κ1) is 14.1. The van der Waals surface area contributed by atoms with E-state index in [2.05, 4.69) is 15.5 Å². The summed E-state index contributed by atoms with van der Waals surface area (Å²) in [6.07, 6.45) is 0. The van der Waals surface area contributed by atoms with Crippen molar-refractivity contribution in [2.75, 3.05) is 7.11 Å². The Bertz CT molecular complexity index is 555. The van der Waals surface area contributed by atoms with Gasteiger partial charge in [0.1, 0.15) is 0 Å². The zero-order chi connectivity index (χ0) is 11.5. The van der Waals surface area contributed by atoms with E-state index in [1.54, 1.807) is 7.11 Å². The van der Waals surface area contributed by atoms with Crippen molar-refractivity contribution in [2.24, 2.45) is 0 Å². The second-order valence-electron chi connectivity index (χ2n) is 3.42. The molecule has 0 saturated carbocycles. The summed E-state index contributed by atoms with van der Waals surface area (Å²) in [7, 11) is 1.61. The van der Waals surface area contributed by atoms with E-state index in [0.717, 1.165) is 11.1 Å². The number of H-pyrrole nitrogens is 1. The maximum absolute atomic E-state index is 11.4. The van der Waals surface area contributed by atoms with Crippen LogP contribution in [0.2, 0.25) is 0 Å². The van der Waals surface area contributed by atoms with Gasteiger partial charge in [0.2, 0.25) is 0 Å². The Morgan fingerprint density at radius 1 is 1.53 bits per heavy atom. The molecule has 0 amide bonds. The maximum Gasteiger partial charge on any atom is 1.00 e. The maximum atomic E-state index is 11.4. The van der Waals surface area contributed by atoms with Crippen molar-refractivity contribution in [3.05, 3.63) is 39.8 Å². The van der Waals surface area contributed by atoms with Gasteiger partial charge in [-0.25, -0.2) is 9.89 Å². The number of aromatic amines is 1. The average molecular weight is 244 g/mol. The quantitative estimate of drug-likeness (QED) is 0.607. The largest absolute Gasteiger partial charge is 1.00 e. The van der Waals surface area contributed by atoms with E-state index in [0.29, 0.717) is 12.3 Å². The summed E-state index contributed by atoms with van der Waals surface area (Å²) in [6.45, 7) is 2.39. The van der Waals surface area contributed by atoms with Crippen LogP contribution in [-0.4, -0.2) is 27.3 Å². The molecule has 7 heteroatoms. The number of rotatable bonds is 3. The van der Waals surface area contributed by atoms with Crippen LogP contribution in [0.3, 0.4) is 0 Å². The van der Waals surface area contributed by atoms with Crippen molar-refractivity contribution < 1.29 is 35.7 Å². The number of nitrogens with zero attached hydrogens (tertiary/aromatic N) is 3. The molecule has 0 aliphatic heterocycles. The zero-order valence-electron chi connectivity index (χ0n) is 11.1. The molecule has 1 aromatic heterocycles. The van der Waals surface area contributed by atoms with Gasteiger partial charge in [0, 0.05) is 12.7 Å². The third kappa shape index (κ3) is 2.84. The summed E-state index contributed by atoms with van der Waals surface area (Å²) in [5.41, 5.74) is 2.32. The van der Waals surface area contributed by atoms with Crippen molar-refractivity contribution in [1.82, 2.24) is 20.2 Å². The normalized spacial score (nSPS) is 10.0. The molecule has 6 nitrogen and oxygen atoms in total. The number of nitrogens with one attached hydrogen (secondary N) is 1.